The van der Waals surface area contributed by atoms with Gasteiger partial charge in [0.25, 0.3) is 11.7 Å². The third-order valence-corrected chi connectivity index (χ3v) is 5.76. The number of rotatable bonds is 4. The second-order valence-corrected chi connectivity index (χ2v) is 8.11. The first-order chi connectivity index (χ1) is 14.9. The number of aliphatic hydroxyl groups excluding tert-OH is 1. The van der Waals surface area contributed by atoms with Crippen LogP contribution in [0.5, 0.6) is 0 Å². The maximum Gasteiger partial charge on any atom is 0.300 e. The quantitative estimate of drug-likeness (QED) is 0.241. The number of halogens is 1. The minimum Gasteiger partial charge on any atom is -0.507 e. The lowest BCUT2D eigenvalue weighted by Crippen LogP contribution is -2.29. The minimum atomic E-state index is -0.809. The molecule has 1 amide bonds. The van der Waals surface area contributed by atoms with Crippen LogP contribution in [-0.4, -0.2) is 22.6 Å². The molecule has 1 aliphatic rings. The SMILES string of the molecule is CC(=O)c1ccc(N2C(=O)C(=O)C(=C(O)c3ccccc3)[C@H]2c2ccc(Br)cc2)cc1. The topological polar surface area (TPSA) is 74.7 Å². The van der Waals surface area contributed by atoms with Gasteiger partial charge in [0.1, 0.15) is 5.76 Å². The van der Waals surface area contributed by atoms with E-state index in [4.69, 9.17) is 0 Å². The molecule has 0 saturated carbocycles. The third kappa shape index (κ3) is 3.82. The molecule has 1 aliphatic heterocycles. The first-order valence-electron chi connectivity index (χ1n) is 9.61. The fourth-order valence-corrected chi connectivity index (χ4v) is 3.93. The molecule has 0 radical (unpaired) electrons. The summed E-state index contributed by atoms with van der Waals surface area (Å²) < 4.78 is 0.849. The van der Waals surface area contributed by atoms with E-state index in [1.165, 1.54) is 11.8 Å². The summed E-state index contributed by atoms with van der Waals surface area (Å²) >= 11 is 3.40. The van der Waals surface area contributed by atoms with Crippen LogP contribution in [0.2, 0.25) is 0 Å². The van der Waals surface area contributed by atoms with Gasteiger partial charge in [0, 0.05) is 21.3 Å². The van der Waals surface area contributed by atoms with Gasteiger partial charge >= 0.3 is 0 Å². The van der Waals surface area contributed by atoms with E-state index < -0.39 is 17.7 Å². The molecule has 3 aromatic carbocycles. The predicted octanol–water partition coefficient (Wildman–Crippen LogP) is 5.28. The summed E-state index contributed by atoms with van der Waals surface area (Å²) in [6, 6.07) is 21.6. The number of aliphatic hydroxyl groups is 1. The summed E-state index contributed by atoms with van der Waals surface area (Å²) in [6.45, 7) is 1.46. The van der Waals surface area contributed by atoms with Crippen LogP contribution in [0.1, 0.15) is 34.5 Å². The molecule has 3 aromatic rings. The Kier molecular flexibility index (Phi) is 5.57. The van der Waals surface area contributed by atoms with Crippen molar-refractivity contribution in [3.63, 3.8) is 0 Å². The lowest BCUT2D eigenvalue weighted by molar-refractivity contribution is -0.132. The summed E-state index contributed by atoms with van der Waals surface area (Å²) in [6.07, 6.45) is 0. The van der Waals surface area contributed by atoms with Crippen molar-refractivity contribution in [2.45, 2.75) is 13.0 Å². The lowest BCUT2D eigenvalue weighted by atomic mass is 9.95. The molecular formula is C25H18BrNO4. The Morgan fingerprint density at radius 1 is 0.871 bits per heavy atom. The Balaban J connectivity index is 1.91. The predicted molar refractivity (Wildman–Crippen MR) is 122 cm³/mol. The van der Waals surface area contributed by atoms with Crippen molar-refractivity contribution in [1.29, 1.82) is 0 Å². The molecule has 6 heteroatoms. The number of anilines is 1. The van der Waals surface area contributed by atoms with Gasteiger partial charge in [-0.2, -0.15) is 0 Å². The molecule has 0 aromatic heterocycles. The highest BCUT2D eigenvalue weighted by atomic mass is 79.9. The molecule has 4 rings (SSSR count). The van der Waals surface area contributed by atoms with Gasteiger partial charge in [-0.05, 0) is 48.9 Å². The Hall–Kier alpha value is -3.51. The Labute approximate surface area is 187 Å². The van der Waals surface area contributed by atoms with E-state index in [0.29, 0.717) is 22.4 Å². The van der Waals surface area contributed by atoms with Gasteiger partial charge in [-0.3, -0.25) is 19.3 Å². The van der Waals surface area contributed by atoms with Crippen molar-refractivity contribution >= 4 is 44.9 Å². The molecule has 1 N–H and O–H groups in total. The van der Waals surface area contributed by atoms with E-state index in [9.17, 15) is 19.5 Å². The molecule has 0 bridgehead atoms. The number of benzene rings is 3. The van der Waals surface area contributed by atoms with Crippen molar-refractivity contribution in [2.24, 2.45) is 0 Å². The average Bonchev–Trinajstić information content (AvgIpc) is 3.05. The van der Waals surface area contributed by atoms with Crippen LogP contribution in [-0.2, 0) is 9.59 Å². The molecule has 5 nitrogen and oxygen atoms in total. The van der Waals surface area contributed by atoms with Gasteiger partial charge in [0.2, 0.25) is 0 Å². The maximum atomic E-state index is 13.1. The Morgan fingerprint density at radius 3 is 2.06 bits per heavy atom. The Morgan fingerprint density at radius 2 is 1.48 bits per heavy atom. The number of hydrogen-bond donors (Lipinski definition) is 1. The smallest absolute Gasteiger partial charge is 0.300 e. The van der Waals surface area contributed by atoms with Gasteiger partial charge in [0.15, 0.2) is 5.78 Å². The van der Waals surface area contributed by atoms with Crippen molar-refractivity contribution in [3.05, 3.63) is 106 Å². The van der Waals surface area contributed by atoms with Crippen LogP contribution < -0.4 is 4.90 Å². The first-order valence-corrected chi connectivity index (χ1v) is 10.4. The van der Waals surface area contributed by atoms with Crippen molar-refractivity contribution in [2.75, 3.05) is 4.90 Å². The van der Waals surface area contributed by atoms with E-state index in [1.54, 1.807) is 66.7 Å². The lowest BCUT2D eigenvalue weighted by Gasteiger charge is -2.25. The van der Waals surface area contributed by atoms with E-state index in [-0.39, 0.29) is 17.1 Å². The highest BCUT2D eigenvalue weighted by Crippen LogP contribution is 2.42. The van der Waals surface area contributed by atoms with E-state index in [2.05, 4.69) is 15.9 Å². The standard InChI is InChI=1S/C25H18BrNO4/c1-15(28)16-9-13-20(14-10-16)27-22(17-7-11-19(26)12-8-17)21(24(30)25(27)31)23(29)18-5-3-2-4-6-18/h2-14,22,29H,1H3/t22-/m1/s1. The fraction of sp³-hybridized carbons (Fsp3) is 0.0800. The second-order valence-electron chi connectivity index (χ2n) is 7.19. The Bertz CT molecular complexity index is 1200. The largest absolute Gasteiger partial charge is 0.507 e. The van der Waals surface area contributed by atoms with Gasteiger partial charge in [-0.25, -0.2) is 0 Å². The van der Waals surface area contributed by atoms with Crippen LogP contribution >= 0.6 is 15.9 Å². The molecule has 0 unspecified atom stereocenters. The summed E-state index contributed by atoms with van der Waals surface area (Å²) in [4.78, 5) is 39.1. The van der Waals surface area contributed by atoms with Crippen molar-refractivity contribution in [1.82, 2.24) is 0 Å². The number of ketones is 2. The summed E-state index contributed by atoms with van der Waals surface area (Å²) in [5, 5.41) is 11.0. The number of carbonyl (C=O) groups excluding carboxylic acids is 3. The van der Waals surface area contributed by atoms with E-state index >= 15 is 0 Å². The monoisotopic (exact) mass is 475 g/mol. The maximum absolute atomic E-state index is 13.1. The van der Waals surface area contributed by atoms with Gasteiger partial charge in [-0.15, -0.1) is 0 Å². The fourth-order valence-electron chi connectivity index (χ4n) is 3.67. The molecular weight excluding hydrogens is 458 g/mol. The summed E-state index contributed by atoms with van der Waals surface area (Å²) in [7, 11) is 0. The van der Waals surface area contributed by atoms with Crippen LogP contribution in [0.3, 0.4) is 0 Å². The third-order valence-electron chi connectivity index (χ3n) is 5.23. The molecule has 1 atom stereocenters. The van der Waals surface area contributed by atoms with Crippen LogP contribution in [0.25, 0.3) is 5.76 Å². The van der Waals surface area contributed by atoms with Gasteiger partial charge in [-0.1, -0.05) is 58.4 Å². The normalized spacial score (nSPS) is 17.7. The van der Waals surface area contributed by atoms with E-state index in [1.807, 2.05) is 12.1 Å². The number of nitrogens with zero attached hydrogens (tertiary/aromatic N) is 1. The second kappa shape index (κ2) is 8.32. The zero-order valence-corrected chi connectivity index (χ0v) is 18.2. The van der Waals surface area contributed by atoms with Crippen LogP contribution in [0.4, 0.5) is 5.69 Å². The van der Waals surface area contributed by atoms with Gasteiger partial charge in [0.05, 0.1) is 11.6 Å². The number of carbonyl (C=O) groups is 3. The average molecular weight is 476 g/mol. The van der Waals surface area contributed by atoms with Crippen LogP contribution in [0.15, 0.2) is 88.9 Å². The molecule has 1 heterocycles. The summed E-state index contributed by atoms with van der Waals surface area (Å²) in [5.74, 6) is -1.82. The highest BCUT2D eigenvalue weighted by Gasteiger charge is 2.46. The minimum absolute atomic E-state index is 0.0224. The molecule has 0 spiro atoms. The zero-order valence-electron chi connectivity index (χ0n) is 16.6. The summed E-state index contributed by atoms with van der Waals surface area (Å²) in [5.41, 5.74) is 2.12. The first kappa shape index (κ1) is 20.8. The number of hydrogen-bond acceptors (Lipinski definition) is 4. The van der Waals surface area contributed by atoms with Crippen LogP contribution in [0, 0.1) is 0 Å². The highest BCUT2D eigenvalue weighted by molar-refractivity contribution is 9.10. The van der Waals surface area contributed by atoms with Crippen molar-refractivity contribution < 1.29 is 19.5 Å². The van der Waals surface area contributed by atoms with E-state index in [0.717, 1.165) is 4.47 Å². The molecule has 1 fully saturated rings. The molecule has 31 heavy (non-hydrogen) atoms. The number of amides is 1. The molecule has 1 saturated heterocycles. The molecule has 154 valence electrons. The van der Waals surface area contributed by atoms with Crippen molar-refractivity contribution in [3.8, 4) is 0 Å². The molecule has 0 aliphatic carbocycles. The zero-order chi connectivity index (χ0) is 22.1. The van der Waals surface area contributed by atoms with Gasteiger partial charge < -0.3 is 5.11 Å². The number of Topliss-reactive ketones (excluding diaryl/α,β-unsaturated/α-hetero) is 2.